The van der Waals surface area contributed by atoms with Crippen LogP contribution in [-0.2, 0) is 0 Å². The smallest absolute Gasteiger partial charge is 0.0292 e. The Labute approximate surface area is 70.4 Å². The molecule has 2 saturated carbocycles. The summed E-state index contributed by atoms with van der Waals surface area (Å²) in [5.74, 6) is 0. The average Bonchev–Trinajstić information content (AvgIpc) is 2.43. The minimum Gasteiger partial charge on any atom is -0.0599 e. The minimum absolute atomic E-state index is 0.671. The van der Waals surface area contributed by atoms with Crippen LogP contribution in [0.2, 0.25) is 0 Å². The Bertz CT molecular complexity index is 149. The summed E-state index contributed by atoms with van der Waals surface area (Å²) in [4.78, 5) is 0. The second-order valence-corrected chi connectivity index (χ2v) is 5.55. The highest BCUT2D eigenvalue weighted by Gasteiger charge is 2.44. The van der Waals surface area contributed by atoms with Gasteiger partial charge in [0.25, 0.3) is 0 Å². The van der Waals surface area contributed by atoms with E-state index in [1.807, 2.05) is 0 Å². The molecular weight excluding hydrogens is 132 g/mol. The van der Waals surface area contributed by atoms with E-state index in [4.69, 9.17) is 0 Å². The van der Waals surface area contributed by atoms with Gasteiger partial charge < -0.3 is 0 Å². The first kappa shape index (κ1) is 7.64. The third kappa shape index (κ3) is 1.32. The molecule has 64 valence electrons. The van der Waals surface area contributed by atoms with E-state index in [0.717, 1.165) is 5.41 Å². The van der Waals surface area contributed by atoms with Crippen LogP contribution in [0.15, 0.2) is 0 Å². The highest BCUT2D eigenvalue weighted by atomic mass is 14.5. The van der Waals surface area contributed by atoms with Gasteiger partial charge in [-0.3, -0.25) is 0 Å². The van der Waals surface area contributed by atoms with Crippen LogP contribution in [0.1, 0.15) is 58.8 Å². The highest BCUT2D eigenvalue weighted by molar-refractivity contribution is 4.95. The summed E-state index contributed by atoms with van der Waals surface area (Å²) < 4.78 is 0. The summed E-state index contributed by atoms with van der Waals surface area (Å²) in [7, 11) is 0. The second-order valence-electron chi connectivity index (χ2n) is 5.55. The third-order valence-corrected chi connectivity index (χ3v) is 3.85. The third-order valence-electron chi connectivity index (χ3n) is 3.85. The van der Waals surface area contributed by atoms with E-state index in [2.05, 4.69) is 13.8 Å². The molecule has 0 heterocycles. The van der Waals surface area contributed by atoms with Gasteiger partial charge in [0.15, 0.2) is 0 Å². The maximum Gasteiger partial charge on any atom is -0.0292 e. The number of rotatable bonds is 0. The summed E-state index contributed by atoms with van der Waals surface area (Å²) in [6.45, 7) is 4.89. The maximum atomic E-state index is 2.44. The van der Waals surface area contributed by atoms with E-state index < -0.39 is 0 Å². The fraction of sp³-hybridized carbons (Fsp3) is 1.00. The van der Waals surface area contributed by atoms with Crippen LogP contribution in [0, 0.1) is 10.8 Å². The van der Waals surface area contributed by atoms with Gasteiger partial charge in [-0.05, 0) is 42.9 Å². The SMILES string of the molecule is CC1(C)CCC2(CCCC2)C1. The molecule has 0 unspecified atom stereocenters. The molecule has 0 atom stereocenters. The van der Waals surface area contributed by atoms with Crippen molar-refractivity contribution in [3.8, 4) is 0 Å². The lowest BCUT2D eigenvalue weighted by Crippen LogP contribution is -2.14. The van der Waals surface area contributed by atoms with Gasteiger partial charge in [-0.15, -0.1) is 0 Å². The Morgan fingerprint density at radius 3 is 1.91 bits per heavy atom. The molecule has 2 aliphatic rings. The van der Waals surface area contributed by atoms with Gasteiger partial charge >= 0.3 is 0 Å². The number of hydrogen-bond acceptors (Lipinski definition) is 0. The molecular formula is C11H20. The molecule has 0 amide bonds. The predicted molar refractivity (Wildman–Crippen MR) is 48.5 cm³/mol. The molecule has 1 spiro atoms. The van der Waals surface area contributed by atoms with E-state index >= 15 is 0 Å². The number of hydrogen-bond donors (Lipinski definition) is 0. The van der Waals surface area contributed by atoms with Crippen LogP contribution in [0.3, 0.4) is 0 Å². The molecule has 2 rings (SSSR count). The summed E-state index contributed by atoms with van der Waals surface area (Å²) in [5.41, 5.74) is 1.49. The lowest BCUT2D eigenvalue weighted by atomic mass is 9.80. The van der Waals surface area contributed by atoms with Gasteiger partial charge in [-0.2, -0.15) is 0 Å². The monoisotopic (exact) mass is 152 g/mol. The molecule has 0 aliphatic heterocycles. The van der Waals surface area contributed by atoms with Crippen molar-refractivity contribution in [2.45, 2.75) is 58.8 Å². The topological polar surface area (TPSA) is 0 Å². The zero-order valence-electron chi connectivity index (χ0n) is 7.95. The Morgan fingerprint density at radius 1 is 0.818 bits per heavy atom. The van der Waals surface area contributed by atoms with Crippen LogP contribution < -0.4 is 0 Å². The van der Waals surface area contributed by atoms with Gasteiger partial charge in [-0.25, -0.2) is 0 Å². The Balaban J connectivity index is 2.07. The van der Waals surface area contributed by atoms with Crippen LogP contribution in [0.25, 0.3) is 0 Å². The fourth-order valence-corrected chi connectivity index (χ4v) is 3.35. The standard InChI is InChI=1S/C11H20/c1-10(2)7-8-11(9-10)5-3-4-6-11/h3-9H2,1-2H3. The zero-order chi connectivity index (χ0) is 7.95. The fourth-order valence-electron chi connectivity index (χ4n) is 3.35. The summed E-state index contributed by atoms with van der Waals surface area (Å²) in [5, 5.41) is 0. The van der Waals surface area contributed by atoms with Crippen molar-refractivity contribution in [1.29, 1.82) is 0 Å². The first-order chi connectivity index (χ1) is 5.12. The van der Waals surface area contributed by atoms with Gasteiger partial charge in [0, 0.05) is 0 Å². The molecule has 0 nitrogen and oxygen atoms in total. The van der Waals surface area contributed by atoms with Gasteiger partial charge in [0.2, 0.25) is 0 Å². The highest BCUT2D eigenvalue weighted by Crippen LogP contribution is 2.56. The quantitative estimate of drug-likeness (QED) is 0.496. The molecule has 0 heteroatoms. The molecule has 0 aromatic carbocycles. The molecule has 2 aliphatic carbocycles. The largest absolute Gasteiger partial charge is 0.0599 e. The van der Waals surface area contributed by atoms with Crippen molar-refractivity contribution in [2.75, 3.05) is 0 Å². The van der Waals surface area contributed by atoms with Gasteiger partial charge in [0.1, 0.15) is 0 Å². The van der Waals surface area contributed by atoms with E-state index in [1.165, 1.54) is 44.9 Å². The van der Waals surface area contributed by atoms with Gasteiger partial charge in [0.05, 0.1) is 0 Å². The molecule has 0 bridgehead atoms. The van der Waals surface area contributed by atoms with Crippen molar-refractivity contribution in [3.63, 3.8) is 0 Å². The Hall–Kier alpha value is 0. The van der Waals surface area contributed by atoms with Crippen LogP contribution in [0.4, 0.5) is 0 Å². The molecule has 0 aromatic heterocycles. The average molecular weight is 152 g/mol. The second kappa shape index (κ2) is 2.24. The van der Waals surface area contributed by atoms with Crippen LogP contribution in [0.5, 0.6) is 0 Å². The van der Waals surface area contributed by atoms with Crippen molar-refractivity contribution < 1.29 is 0 Å². The predicted octanol–water partition coefficient (Wildman–Crippen LogP) is 3.76. The lowest BCUT2D eigenvalue weighted by Gasteiger charge is -2.25. The van der Waals surface area contributed by atoms with Crippen LogP contribution in [-0.4, -0.2) is 0 Å². The van der Waals surface area contributed by atoms with E-state index in [0.29, 0.717) is 5.41 Å². The first-order valence-electron chi connectivity index (χ1n) is 5.12. The Kier molecular flexibility index (Phi) is 1.56. The maximum absolute atomic E-state index is 2.44. The summed E-state index contributed by atoms with van der Waals surface area (Å²) in [6, 6.07) is 0. The molecule has 0 saturated heterocycles. The van der Waals surface area contributed by atoms with E-state index in [1.54, 1.807) is 0 Å². The Morgan fingerprint density at radius 2 is 1.45 bits per heavy atom. The van der Waals surface area contributed by atoms with Crippen molar-refractivity contribution in [1.82, 2.24) is 0 Å². The van der Waals surface area contributed by atoms with Crippen molar-refractivity contribution in [2.24, 2.45) is 10.8 Å². The lowest BCUT2D eigenvalue weighted by molar-refractivity contribution is 0.260. The van der Waals surface area contributed by atoms with Crippen LogP contribution >= 0.6 is 0 Å². The molecule has 0 radical (unpaired) electrons. The molecule has 0 aromatic rings. The molecule has 2 fully saturated rings. The summed E-state index contributed by atoms with van der Waals surface area (Å²) >= 11 is 0. The first-order valence-corrected chi connectivity index (χ1v) is 5.12. The molecule has 0 N–H and O–H groups in total. The zero-order valence-corrected chi connectivity index (χ0v) is 7.95. The van der Waals surface area contributed by atoms with E-state index in [9.17, 15) is 0 Å². The van der Waals surface area contributed by atoms with Crippen molar-refractivity contribution in [3.05, 3.63) is 0 Å². The van der Waals surface area contributed by atoms with E-state index in [-0.39, 0.29) is 0 Å². The summed E-state index contributed by atoms with van der Waals surface area (Å²) in [6.07, 6.45) is 10.6. The molecule has 11 heavy (non-hydrogen) atoms. The normalized spacial score (nSPS) is 33.3. The van der Waals surface area contributed by atoms with Gasteiger partial charge in [-0.1, -0.05) is 26.7 Å². The minimum atomic E-state index is 0.671. The van der Waals surface area contributed by atoms with Crippen molar-refractivity contribution >= 4 is 0 Å².